The van der Waals surface area contributed by atoms with Crippen LogP contribution in [0.15, 0.2) is 30.3 Å². The van der Waals surface area contributed by atoms with Crippen molar-refractivity contribution in [2.24, 2.45) is 0 Å². The topological polar surface area (TPSA) is 47.0 Å². The Balaban J connectivity index is 2.32. The normalized spacial score (nSPS) is 10.7. The summed E-state index contributed by atoms with van der Waals surface area (Å²) in [5.41, 5.74) is 1.18. The van der Waals surface area contributed by atoms with Gasteiger partial charge in [0, 0.05) is 19.0 Å². The average molecular weight is 285 g/mol. The molecule has 0 amide bonds. The van der Waals surface area contributed by atoms with Gasteiger partial charge >= 0.3 is 0 Å². The molecule has 0 spiro atoms. The van der Waals surface area contributed by atoms with Crippen LogP contribution in [-0.2, 0) is 6.42 Å². The highest BCUT2D eigenvalue weighted by atomic mass is 16.5. The van der Waals surface area contributed by atoms with Gasteiger partial charge in [-0.3, -0.25) is 0 Å². The summed E-state index contributed by atoms with van der Waals surface area (Å²) in [6, 6.07) is 9.93. The molecule has 0 saturated carbocycles. The van der Waals surface area contributed by atoms with Crippen LogP contribution in [0.3, 0.4) is 0 Å². The molecule has 112 valence electrons. The molecule has 2 aromatic rings. The number of para-hydroxylation sites is 1. The highest BCUT2D eigenvalue weighted by molar-refractivity contribution is 5.42. The molecule has 0 bridgehead atoms. The van der Waals surface area contributed by atoms with Gasteiger partial charge in [0.05, 0.1) is 0 Å². The number of rotatable bonds is 6. The molecule has 0 fully saturated rings. The summed E-state index contributed by atoms with van der Waals surface area (Å²) in [6.07, 6.45) is 0.779. The van der Waals surface area contributed by atoms with Gasteiger partial charge in [-0.15, -0.1) is 0 Å². The number of hydrogen-bond donors (Lipinski definition) is 1. The molecule has 1 N–H and O–H groups in total. The van der Waals surface area contributed by atoms with Crippen LogP contribution in [0.2, 0.25) is 0 Å². The van der Waals surface area contributed by atoms with E-state index in [4.69, 9.17) is 4.74 Å². The fraction of sp³-hybridized carbons (Fsp3) is 0.412. The molecule has 0 radical (unpaired) electrons. The van der Waals surface area contributed by atoms with Gasteiger partial charge in [0.2, 0.25) is 5.88 Å². The van der Waals surface area contributed by atoms with Crippen molar-refractivity contribution in [3.63, 3.8) is 0 Å². The number of hydrogen-bond acceptors (Lipinski definition) is 4. The third-order valence-corrected chi connectivity index (χ3v) is 3.18. The molecular weight excluding hydrogens is 262 g/mol. The van der Waals surface area contributed by atoms with Crippen LogP contribution in [-0.4, -0.2) is 16.5 Å². The Hall–Kier alpha value is -2.10. The number of nitrogens with zero attached hydrogens (tertiary/aromatic N) is 2. The Morgan fingerprint density at radius 2 is 1.90 bits per heavy atom. The molecule has 1 aromatic carbocycles. The summed E-state index contributed by atoms with van der Waals surface area (Å²) >= 11 is 0. The van der Waals surface area contributed by atoms with Crippen LogP contribution in [0, 0.1) is 0 Å². The van der Waals surface area contributed by atoms with Crippen molar-refractivity contribution in [1.29, 1.82) is 0 Å². The second-order valence-electron chi connectivity index (χ2n) is 5.19. The van der Waals surface area contributed by atoms with E-state index in [0.29, 0.717) is 11.8 Å². The molecule has 4 nitrogen and oxygen atoms in total. The predicted octanol–water partition coefficient (Wildman–Crippen LogP) is 4.39. The predicted molar refractivity (Wildman–Crippen MR) is 86.2 cm³/mol. The number of anilines is 1. The number of aromatic nitrogens is 2. The highest BCUT2D eigenvalue weighted by Gasteiger charge is 2.10. The maximum absolute atomic E-state index is 6.01. The molecule has 0 aliphatic rings. The van der Waals surface area contributed by atoms with Crippen molar-refractivity contribution < 1.29 is 4.74 Å². The third-order valence-electron chi connectivity index (χ3n) is 3.18. The molecule has 4 heteroatoms. The molecule has 0 aliphatic carbocycles. The van der Waals surface area contributed by atoms with E-state index in [2.05, 4.69) is 35.2 Å². The smallest absolute Gasteiger partial charge is 0.224 e. The van der Waals surface area contributed by atoms with E-state index in [1.54, 1.807) is 0 Å². The first-order valence-corrected chi connectivity index (χ1v) is 7.52. The van der Waals surface area contributed by atoms with E-state index in [-0.39, 0.29) is 0 Å². The first kappa shape index (κ1) is 15.3. The van der Waals surface area contributed by atoms with Gasteiger partial charge in [-0.25, -0.2) is 4.98 Å². The molecule has 1 heterocycles. The number of aryl methyl sites for hydroxylation is 1. The number of ether oxygens (including phenoxy) is 1. The SMILES string of the molecule is CCNc1cc(Oc2ccccc2C(C)C)nc(CC)n1. The van der Waals surface area contributed by atoms with Crippen LogP contribution in [0.5, 0.6) is 11.6 Å². The Morgan fingerprint density at radius 3 is 2.57 bits per heavy atom. The Kier molecular flexibility index (Phi) is 5.14. The summed E-state index contributed by atoms with van der Waals surface area (Å²) in [5.74, 6) is 3.44. The fourth-order valence-corrected chi connectivity index (χ4v) is 2.12. The van der Waals surface area contributed by atoms with Crippen LogP contribution < -0.4 is 10.1 Å². The number of nitrogens with one attached hydrogen (secondary N) is 1. The zero-order chi connectivity index (χ0) is 15.2. The van der Waals surface area contributed by atoms with Crippen LogP contribution in [0.25, 0.3) is 0 Å². The molecule has 21 heavy (non-hydrogen) atoms. The van der Waals surface area contributed by atoms with Crippen molar-refractivity contribution in [1.82, 2.24) is 9.97 Å². The Morgan fingerprint density at radius 1 is 1.14 bits per heavy atom. The first-order chi connectivity index (χ1) is 10.1. The lowest BCUT2D eigenvalue weighted by Crippen LogP contribution is -2.04. The van der Waals surface area contributed by atoms with Gasteiger partial charge in [0.25, 0.3) is 0 Å². The highest BCUT2D eigenvalue weighted by Crippen LogP contribution is 2.30. The van der Waals surface area contributed by atoms with Crippen LogP contribution in [0.1, 0.15) is 45.0 Å². The van der Waals surface area contributed by atoms with Gasteiger partial charge in [-0.1, -0.05) is 39.0 Å². The summed E-state index contributed by atoms with van der Waals surface area (Å²) in [6.45, 7) is 9.22. The maximum atomic E-state index is 6.01. The minimum absolute atomic E-state index is 0.405. The monoisotopic (exact) mass is 285 g/mol. The fourth-order valence-electron chi connectivity index (χ4n) is 2.12. The van der Waals surface area contributed by atoms with E-state index < -0.39 is 0 Å². The quantitative estimate of drug-likeness (QED) is 0.855. The molecular formula is C17H23N3O. The van der Waals surface area contributed by atoms with Crippen LogP contribution in [0.4, 0.5) is 5.82 Å². The van der Waals surface area contributed by atoms with Gasteiger partial charge in [-0.05, 0) is 24.5 Å². The standard InChI is InChI=1S/C17H23N3O/c1-5-15-19-16(18-6-2)11-17(20-15)21-14-10-8-7-9-13(14)12(3)4/h7-12H,5-6H2,1-4H3,(H,18,19,20). The summed E-state index contributed by atoms with van der Waals surface area (Å²) in [7, 11) is 0. The largest absolute Gasteiger partial charge is 0.439 e. The molecule has 0 saturated heterocycles. The van der Waals surface area contributed by atoms with E-state index in [1.165, 1.54) is 5.56 Å². The van der Waals surface area contributed by atoms with Crippen molar-refractivity contribution in [2.45, 2.75) is 40.0 Å². The molecule has 0 atom stereocenters. The zero-order valence-corrected chi connectivity index (χ0v) is 13.2. The molecule has 0 unspecified atom stereocenters. The zero-order valence-electron chi connectivity index (χ0n) is 13.2. The lowest BCUT2D eigenvalue weighted by Gasteiger charge is -2.14. The molecule has 0 aliphatic heterocycles. The van der Waals surface area contributed by atoms with E-state index in [9.17, 15) is 0 Å². The number of benzene rings is 1. The summed E-state index contributed by atoms with van der Waals surface area (Å²) in [4.78, 5) is 8.90. The minimum Gasteiger partial charge on any atom is -0.439 e. The summed E-state index contributed by atoms with van der Waals surface area (Å²) < 4.78 is 6.01. The molecule has 2 rings (SSSR count). The molecule has 1 aromatic heterocycles. The van der Waals surface area contributed by atoms with Crippen molar-refractivity contribution >= 4 is 5.82 Å². The lowest BCUT2D eigenvalue weighted by molar-refractivity contribution is 0.451. The van der Waals surface area contributed by atoms with Crippen molar-refractivity contribution in [3.8, 4) is 11.6 Å². The third kappa shape index (κ3) is 3.94. The van der Waals surface area contributed by atoms with Gasteiger partial charge in [0.15, 0.2) is 0 Å². The second-order valence-corrected chi connectivity index (χ2v) is 5.19. The second kappa shape index (κ2) is 7.07. The maximum Gasteiger partial charge on any atom is 0.224 e. The minimum atomic E-state index is 0.405. The lowest BCUT2D eigenvalue weighted by atomic mass is 10.0. The van der Waals surface area contributed by atoms with Crippen molar-refractivity contribution in [3.05, 3.63) is 41.7 Å². The van der Waals surface area contributed by atoms with Gasteiger partial charge < -0.3 is 10.1 Å². The van der Waals surface area contributed by atoms with Gasteiger partial charge in [-0.2, -0.15) is 4.98 Å². The van der Waals surface area contributed by atoms with E-state index in [0.717, 1.165) is 30.4 Å². The van der Waals surface area contributed by atoms with E-state index in [1.807, 2.05) is 38.1 Å². The van der Waals surface area contributed by atoms with E-state index >= 15 is 0 Å². The Bertz CT molecular complexity index is 596. The van der Waals surface area contributed by atoms with Crippen LogP contribution >= 0.6 is 0 Å². The average Bonchev–Trinajstić information content (AvgIpc) is 2.47. The summed E-state index contributed by atoms with van der Waals surface area (Å²) in [5, 5.41) is 3.21. The first-order valence-electron chi connectivity index (χ1n) is 7.52. The van der Waals surface area contributed by atoms with Crippen molar-refractivity contribution in [2.75, 3.05) is 11.9 Å². The van der Waals surface area contributed by atoms with Gasteiger partial charge in [0.1, 0.15) is 17.4 Å². The Labute approximate surface area is 126 Å².